The zero-order chi connectivity index (χ0) is 16.7. The molecule has 2 heterocycles. The lowest BCUT2D eigenvalue weighted by Crippen LogP contribution is -2.35. The minimum atomic E-state index is -3.57. The average molecular weight is 377 g/mol. The second kappa shape index (κ2) is 6.06. The molecule has 0 saturated heterocycles. The van der Waals surface area contributed by atoms with E-state index in [0.717, 1.165) is 38.6 Å². The normalized spacial score (nSPS) is 14.8. The number of hydrogen-bond donors (Lipinski definition) is 0. The van der Waals surface area contributed by atoms with Crippen molar-refractivity contribution in [3.8, 4) is 0 Å². The number of sulfonamides is 1. The van der Waals surface area contributed by atoms with Crippen LogP contribution in [0, 0.1) is 0 Å². The van der Waals surface area contributed by atoms with E-state index in [0.29, 0.717) is 11.4 Å². The summed E-state index contributed by atoms with van der Waals surface area (Å²) in [5.41, 5.74) is 2.63. The molecule has 0 radical (unpaired) electrons. The van der Waals surface area contributed by atoms with Gasteiger partial charge in [-0.3, -0.25) is 4.31 Å². The Hall–Kier alpha value is -1.57. The Balaban J connectivity index is 1.81. The first-order chi connectivity index (χ1) is 11.6. The molecule has 0 saturated carbocycles. The molecule has 0 aliphatic carbocycles. The van der Waals surface area contributed by atoms with Crippen LogP contribution in [0.3, 0.4) is 0 Å². The molecule has 0 spiro atoms. The number of anilines is 1. The number of rotatable bonds is 3. The van der Waals surface area contributed by atoms with Gasteiger partial charge in [-0.2, -0.15) is 0 Å². The molecule has 1 aliphatic rings. The van der Waals surface area contributed by atoms with Crippen LogP contribution in [0.25, 0.3) is 10.2 Å². The lowest BCUT2D eigenvalue weighted by Gasteiger charge is -2.30. The van der Waals surface area contributed by atoms with Crippen LogP contribution >= 0.6 is 23.1 Å². The smallest absolute Gasteiger partial charge is 0.264 e. The van der Waals surface area contributed by atoms with Crippen molar-refractivity contribution in [2.24, 2.45) is 0 Å². The van der Waals surface area contributed by atoms with Crippen molar-refractivity contribution in [2.45, 2.75) is 22.1 Å². The van der Waals surface area contributed by atoms with Crippen molar-refractivity contribution in [1.82, 2.24) is 4.98 Å². The second-order valence-electron chi connectivity index (χ2n) is 5.62. The Morgan fingerprint density at radius 3 is 2.88 bits per heavy atom. The molecule has 124 valence electrons. The van der Waals surface area contributed by atoms with Crippen LogP contribution in [-0.4, -0.2) is 26.2 Å². The highest BCUT2D eigenvalue weighted by Crippen LogP contribution is 2.34. The quantitative estimate of drug-likeness (QED) is 0.644. The fraction of sp³-hybridized carbons (Fsp3) is 0.235. The van der Waals surface area contributed by atoms with Gasteiger partial charge < -0.3 is 0 Å². The van der Waals surface area contributed by atoms with Gasteiger partial charge in [0, 0.05) is 6.54 Å². The first-order valence-electron chi connectivity index (χ1n) is 7.65. The number of thiazole rings is 1. The fourth-order valence-electron chi connectivity index (χ4n) is 3.01. The van der Waals surface area contributed by atoms with Gasteiger partial charge in [-0.25, -0.2) is 13.4 Å². The van der Waals surface area contributed by atoms with E-state index >= 15 is 0 Å². The maximum Gasteiger partial charge on any atom is 0.264 e. The topological polar surface area (TPSA) is 50.3 Å². The van der Waals surface area contributed by atoms with Gasteiger partial charge in [0.25, 0.3) is 10.0 Å². The third kappa shape index (κ3) is 2.60. The van der Waals surface area contributed by atoms with E-state index in [9.17, 15) is 8.42 Å². The van der Waals surface area contributed by atoms with Crippen LogP contribution in [0.1, 0.15) is 12.0 Å². The summed E-state index contributed by atoms with van der Waals surface area (Å²) >= 11 is 3.16. The molecular weight excluding hydrogens is 360 g/mol. The highest BCUT2D eigenvalue weighted by atomic mass is 32.2. The summed E-state index contributed by atoms with van der Waals surface area (Å²) in [5, 5.41) is 0. The summed E-state index contributed by atoms with van der Waals surface area (Å²) in [6.07, 6.45) is 3.73. The Morgan fingerprint density at radius 1 is 1.21 bits per heavy atom. The number of aryl methyl sites for hydroxylation is 1. The van der Waals surface area contributed by atoms with Crippen LogP contribution < -0.4 is 4.31 Å². The average Bonchev–Trinajstić information content (AvgIpc) is 3.03. The summed E-state index contributed by atoms with van der Waals surface area (Å²) in [6, 6.07) is 13.0. The minimum absolute atomic E-state index is 0.310. The predicted octanol–water partition coefficient (Wildman–Crippen LogP) is 4.16. The van der Waals surface area contributed by atoms with Crippen LogP contribution in [-0.2, 0) is 16.4 Å². The molecule has 1 aliphatic heterocycles. The van der Waals surface area contributed by atoms with Crippen molar-refractivity contribution in [3.05, 3.63) is 48.0 Å². The fourth-order valence-corrected chi connectivity index (χ4v) is 6.04. The predicted molar refractivity (Wildman–Crippen MR) is 101 cm³/mol. The molecule has 3 aromatic rings. The van der Waals surface area contributed by atoms with E-state index in [1.807, 2.05) is 36.6 Å². The molecule has 0 bridgehead atoms. The summed E-state index contributed by atoms with van der Waals surface area (Å²) < 4.78 is 29.8. The number of para-hydroxylation sites is 1. The maximum absolute atomic E-state index is 13.2. The first-order valence-corrected chi connectivity index (χ1v) is 11.1. The largest absolute Gasteiger partial charge is 0.266 e. The second-order valence-corrected chi connectivity index (χ2v) is 9.57. The van der Waals surface area contributed by atoms with E-state index < -0.39 is 10.0 Å². The number of thioether (sulfide) groups is 1. The molecule has 2 aromatic carbocycles. The number of aromatic nitrogens is 1. The van der Waals surface area contributed by atoms with Gasteiger partial charge in [-0.15, -0.1) is 11.3 Å². The third-order valence-electron chi connectivity index (χ3n) is 4.17. The molecule has 0 N–H and O–H groups in total. The van der Waals surface area contributed by atoms with E-state index in [-0.39, 0.29) is 0 Å². The monoisotopic (exact) mass is 376 g/mol. The number of nitrogens with zero attached hydrogens (tertiary/aromatic N) is 2. The molecule has 0 fully saturated rings. The van der Waals surface area contributed by atoms with E-state index in [1.165, 1.54) is 4.31 Å². The zero-order valence-corrected chi connectivity index (χ0v) is 15.5. The van der Waals surface area contributed by atoms with E-state index in [2.05, 4.69) is 4.98 Å². The maximum atomic E-state index is 13.2. The molecule has 0 amide bonds. The summed E-state index contributed by atoms with van der Waals surface area (Å²) in [7, 11) is -3.57. The number of hydrogen-bond acceptors (Lipinski definition) is 5. The van der Waals surface area contributed by atoms with Crippen molar-refractivity contribution >= 4 is 49.0 Å². The number of fused-ring (bicyclic) bond motifs is 2. The molecule has 4 rings (SSSR count). The lowest BCUT2D eigenvalue weighted by molar-refractivity contribution is 0.586. The van der Waals surface area contributed by atoms with Crippen LogP contribution in [0.15, 0.2) is 51.7 Å². The molecule has 7 heteroatoms. The molecule has 0 atom stereocenters. The van der Waals surface area contributed by atoms with Crippen molar-refractivity contribution in [1.29, 1.82) is 0 Å². The standard InChI is InChI=1S/C17H16N2O2S3/c1-22-17-18-14-11-13(8-9-16(14)23-17)24(20,21)19-10-4-6-12-5-2-3-7-15(12)19/h2-3,5,7-9,11H,4,6,10H2,1H3. The van der Waals surface area contributed by atoms with Gasteiger partial charge in [0.05, 0.1) is 20.8 Å². The van der Waals surface area contributed by atoms with Gasteiger partial charge in [-0.05, 0) is 48.9 Å². The minimum Gasteiger partial charge on any atom is -0.266 e. The summed E-state index contributed by atoms with van der Waals surface area (Å²) in [6.45, 7) is 0.518. The highest BCUT2D eigenvalue weighted by molar-refractivity contribution is 8.00. The summed E-state index contributed by atoms with van der Waals surface area (Å²) in [5.74, 6) is 0. The molecular formula is C17H16N2O2S3. The molecule has 0 unspecified atom stereocenters. The van der Waals surface area contributed by atoms with Crippen molar-refractivity contribution < 1.29 is 8.42 Å². The molecule has 1 aromatic heterocycles. The van der Waals surface area contributed by atoms with Gasteiger partial charge in [0.15, 0.2) is 4.34 Å². The van der Waals surface area contributed by atoms with Crippen LogP contribution in [0.5, 0.6) is 0 Å². The van der Waals surface area contributed by atoms with Gasteiger partial charge in [0.1, 0.15) is 0 Å². The van der Waals surface area contributed by atoms with Gasteiger partial charge >= 0.3 is 0 Å². The molecule has 24 heavy (non-hydrogen) atoms. The van der Waals surface area contributed by atoms with Crippen LogP contribution in [0.2, 0.25) is 0 Å². The third-order valence-corrected chi connectivity index (χ3v) is 8.00. The van der Waals surface area contributed by atoms with Gasteiger partial charge in [-0.1, -0.05) is 30.0 Å². The number of benzene rings is 2. The molecule has 4 nitrogen and oxygen atoms in total. The first kappa shape index (κ1) is 15.9. The Kier molecular flexibility index (Phi) is 4.02. The SMILES string of the molecule is CSc1nc2cc(S(=O)(=O)N3CCCc4ccccc43)ccc2s1. The van der Waals surface area contributed by atoms with E-state index in [1.54, 1.807) is 35.2 Å². The van der Waals surface area contributed by atoms with Crippen LogP contribution in [0.4, 0.5) is 5.69 Å². The van der Waals surface area contributed by atoms with E-state index in [4.69, 9.17) is 0 Å². The van der Waals surface area contributed by atoms with Gasteiger partial charge in [0.2, 0.25) is 0 Å². The lowest BCUT2D eigenvalue weighted by atomic mass is 10.0. The Labute approximate surface area is 149 Å². The highest BCUT2D eigenvalue weighted by Gasteiger charge is 2.29. The van der Waals surface area contributed by atoms with Crippen molar-refractivity contribution in [3.63, 3.8) is 0 Å². The van der Waals surface area contributed by atoms with Crippen molar-refractivity contribution in [2.75, 3.05) is 17.1 Å². The Morgan fingerprint density at radius 2 is 2.04 bits per heavy atom. The Bertz CT molecular complexity index is 1010. The zero-order valence-electron chi connectivity index (χ0n) is 13.1. The summed E-state index contributed by atoms with van der Waals surface area (Å²) in [4.78, 5) is 4.80.